The summed E-state index contributed by atoms with van der Waals surface area (Å²) < 4.78 is 0. The second-order valence-electron chi connectivity index (χ2n) is 8.89. The highest BCUT2D eigenvalue weighted by atomic mass is 14.9. The van der Waals surface area contributed by atoms with E-state index in [2.05, 4.69) is 33.0 Å². The van der Waals surface area contributed by atoms with E-state index in [1.807, 2.05) is 0 Å². The number of hydrogen-bond donors (Lipinski definition) is 1. The van der Waals surface area contributed by atoms with Gasteiger partial charge < -0.3 is 5.32 Å². The molecule has 4 rings (SSSR count). The molecular weight excluding hydrogens is 230 g/mol. The molecule has 19 heavy (non-hydrogen) atoms. The van der Waals surface area contributed by atoms with Gasteiger partial charge in [0.1, 0.15) is 0 Å². The predicted molar refractivity (Wildman–Crippen MR) is 82.2 cm³/mol. The van der Waals surface area contributed by atoms with Crippen LogP contribution in [0.3, 0.4) is 0 Å². The largest absolute Gasteiger partial charge is 0.314 e. The monoisotopic (exact) mass is 263 g/mol. The van der Waals surface area contributed by atoms with Crippen LogP contribution < -0.4 is 5.32 Å². The molecule has 110 valence electrons. The lowest BCUT2D eigenvalue weighted by molar-refractivity contribution is -0.158. The minimum absolute atomic E-state index is 0.634. The molecular formula is C18H33N. The van der Waals surface area contributed by atoms with Crippen molar-refractivity contribution < 1.29 is 0 Å². The fraction of sp³-hybridized carbons (Fsp3) is 1.00. The van der Waals surface area contributed by atoms with Gasteiger partial charge in [-0.25, -0.2) is 0 Å². The molecule has 0 heterocycles. The Labute approximate surface area is 119 Å². The van der Waals surface area contributed by atoms with Gasteiger partial charge in [-0.1, -0.05) is 34.1 Å². The maximum Gasteiger partial charge on any atom is 0.0124 e. The fourth-order valence-corrected chi connectivity index (χ4v) is 7.08. The van der Waals surface area contributed by atoms with E-state index >= 15 is 0 Å². The van der Waals surface area contributed by atoms with Gasteiger partial charge in [0, 0.05) is 6.04 Å². The third kappa shape index (κ3) is 2.26. The van der Waals surface area contributed by atoms with E-state index in [4.69, 9.17) is 0 Å². The lowest BCUT2D eigenvalue weighted by Crippen LogP contribution is -2.61. The van der Waals surface area contributed by atoms with Gasteiger partial charge >= 0.3 is 0 Å². The molecule has 0 spiro atoms. The Hall–Kier alpha value is -0.0400. The molecule has 1 nitrogen and oxygen atoms in total. The second kappa shape index (κ2) is 4.48. The smallest absolute Gasteiger partial charge is 0.0124 e. The maximum absolute atomic E-state index is 3.88. The Morgan fingerprint density at radius 1 is 1.00 bits per heavy atom. The topological polar surface area (TPSA) is 12.0 Å². The molecule has 4 saturated carbocycles. The van der Waals surface area contributed by atoms with Crippen molar-refractivity contribution in [1.29, 1.82) is 0 Å². The Morgan fingerprint density at radius 3 is 2.11 bits per heavy atom. The van der Waals surface area contributed by atoms with Crippen LogP contribution >= 0.6 is 0 Å². The highest BCUT2D eigenvalue weighted by Crippen LogP contribution is 2.70. The molecule has 0 aliphatic heterocycles. The molecule has 4 aliphatic carbocycles. The van der Waals surface area contributed by atoms with Gasteiger partial charge in [-0.15, -0.1) is 0 Å². The first kappa shape index (κ1) is 13.9. The molecule has 3 atom stereocenters. The van der Waals surface area contributed by atoms with Gasteiger partial charge in [0.15, 0.2) is 0 Å². The minimum atomic E-state index is 0.634. The zero-order chi connectivity index (χ0) is 13.7. The average molecular weight is 263 g/mol. The lowest BCUT2D eigenvalue weighted by Gasteiger charge is -2.67. The molecule has 0 saturated heterocycles. The van der Waals surface area contributed by atoms with Gasteiger partial charge in [-0.05, 0) is 73.7 Å². The summed E-state index contributed by atoms with van der Waals surface area (Å²) in [6.45, 7) is 11.0. The van der Waals surface area contributed by atoms with Crippen molar-refractivity contribution in [2.75, 3.05) is 6.54 Å². The second-order valence-corrected chi connectivity index (χ2v) is 8.89. The van der Waals surface area contributed by atoms with Crippen LogP contribution in [0, 0.1) is 22.2 Å². The highest BCUT2D eigenvalue weighted by Gasteiger charge is 2.61. The molecule has 0 aromatic heterocycles. The van der Waals surface area contributed by atoms with Crippen molar-refractivity contribution in [3.8, 4) is 0 Å². The van der Waals surface area contributed by atoms with E-state index in [-0.39, 0.29) is 0 Å². The first-order valence-corrected chi connectivity index (χ1v) is 8.66. The molecule has 1 heteroatoms. The van der Waals surface area contributed by atoms with Crippen molar-refractivity contribution in [2.45, 2.75) is 85.1 Å². The molecule has 0 amide bonds. The van der Waals surface area contributed by atoms with Crippen LogP contribution in [0.15, 0.2) is 0 Å². The van der Waals surface area contributed by atoms with Gasteiger partial charge in [0.25, 0.3) is 0 Å². The minimum Gasteiger partial charge on any atom is -0.314 e. The van der Waals surface area contributed by atoms with E-state index in [1.165, 1.54) is 51.4 Å². The summed E-state index contributed by atoms with van der Waals surface area (Å²) in [6, 6.07) is 0.782. The summed E-state index contributed by atoms with van der Waals surface area (Å²) in [5.74, 6) is 1.03. The molecule has 3 unspecified atom stereocenters. The summed E-state index contributed by atoms with van der Waals surface area (Å²) in [5.41, 5.74) is 1.96. The van der Waals surface area contributed by atoms with E-state index in [0.717, 1.165) is 18.5 Å². The third-order valence-electron chi connectivity index (χ3n) is 6.44. The quantitative estimate of drug-likeness (QED) is 0.754. The zero-order valence-corrected chi connectivity index (χ0v) is 13.5. The molecule has 0 aromatic carbocycles. The Bertz CT molecular complexity index is 324. The van der Waals surface area contributed by atoms with Gasteiger partial charge in [-0.3, -0.25) is 0 Å². The van der Waals surface area contributed by atoms with Crippen LogP contribution in [0.25, 0.3) is 0 Å². The van der Waals surface area contributed by atoms with Crippen molar-refractivity contribution in [3.63, 3.8) is 0 Å². The summed E-state index contributed by atoms with van der Waals surface area (Å²) in [4.78, 5) is 0. The van der Waals surface area contributed by atoms with Crippen LogP contribution in [-0.2, 0) is 0 Å². The van der Waals surface area contributed by atoms with Crippen molar-refractivity contribution in [3.05, 3.63) is 0 Å². The van der Waals surface area contributed by atoms with Crippen LogP contribution in [-0.4, -0.2) is 12.6 Å². The Morgan fingerprint density at radius 2 is 1.63 bits per heavy atom. The van der Waals surface area contributed by atoms with E-state index in [9.17, 15) is 0 Å². The first-order chi connectivity index (χ1) is 8.93. The average Bonchev–Trinajstić information content (AvgIpc) is 2.23. The fourth-order valence-electron chi connectivity index (χ4n) is 7.08. The lowest BCUT2D eigenvalue weighted by atomic mass is 9.39. The van der Waals surface area contributed by atoms with Crippen molar-refractivity contribution in [2.24, 2.45) is 22.2 Å². The molecule has 4 fully saturated rings. The third-order valence-corrected chi connectivity index (χ3v) is 6.44. The standard InChI is InChI=1S/C18H33N/c1-5-7-15(19-6-2)18-10-14-8-16(3,12-18)11-17(4,9-14)13-18/h14-15,19H,5-13H2,1-4H3. The van der Waals surface area contributed by atoms with Gasteiger partial charge in [0.2, 0.25) is 0 Å². The van der Waals surface area contributed by atoms with E-state index in [0.29, 0.717) is 16.2 Å². The molecule has 0 aromatic rings. The van der Waals surface area contributed by atoms with Gasteiger partial charge in [-0.2, -0.15) is 0 Å². The normalized spacial score (nSPS) is 49.6. The zero-order valence-electron chi connectivity index (χ0n) is 13.5. The van der Waals surface area contributed by atoms with E-state index in [1.54, 1.807) is 0 Å². The highest BCUT2D eigenvalue weighted by molar-refractivity contribution is 5.13. The Balaban J connectivity index is 1.90. The van der Waals surface area contributed by atoms with Crippen LogP contribution in [0.1, 0.15) is 79.1 Å². The summed E-state index contributed by atoms with van der Waals surface area (Å²) in [5, 5.41) is 3.88. The molecule has 4 bridgehead atoms. The Kier molecular flexibility index (Phi) is 3.28. The van der Waals surface area contributed by atoms with Crippen LogP contribution in [0.5, 0.6) is 0 Å². The number of nitrogens with one attached hydrogen (secondary N) is 1. The maximum atomic E-state index is 3.88. The molecule has 1 N–H and O–H groups in total. The van der Waals surface area contributed by atoms with Crippen molar-refractivity contribution in [1.82, 2.24) is 5.32 Å². The van der Waals surface area contributed by atoms with E-state index < -0.39 is 0 Å². The number of hydrogen-bond acceptors (Lipinski definition) is 1. The molecule has 0 radical (unpaired) electrons. The summed E-state index contributed by atoms with van der Waals surface area (Å²) in [7, 11) is 0. The number of rotatable bonds is 5. The SMILES string of the molecule is CCCC(NCC)C12CC3CC(C)(CC(C)(C3)C1)C2. The van der Waals surface area contributed by atoms with Crippen LogP contribution in [0.2, 0.25) is 0 Å². The van der Waals surface area contributed by atoms with Crippen molar-refractivity contribution >= 4 is 0 Å². The molecule has 4 aliphatic rings. The predicted octanol–water partition coefficient (Wildman–Crippen LogP) is 4.76. The summed E-state index contributed by atoms with van der Waals surface area (Å²) >= 11 is 0. The van der Waals surface area contributed by atoms with Crippen LogP contribution in [0.4, 0.5) is 0 Å². The van der Waals surface area contributed by atoms with Gasteiger partial charge in [0.05, 0.1) is 0 Å². The first-order valence-electron chi connectivity index (χ1n) is 8.66. The summed E-state index contributed by atoms with van der Waals surface area (Å²) in [6.07, 6.45) is 11.8.